The fourth-order valence-corrected chi connectivity index (χ4v) is 1.77. The van der Waals surface area contributed by atoms with Crippen LogP contribution in [-0.4, -0.2) is 14.6 Å². The zero-order chi connectivity index (χ0) is 6.62. The Kier molecular flexibility index (Phi) is 3.56. The summed E-state index contributed by atoms with van der Waals surface area (Å²) in [7, 11) is -3.81. The van der Waals surface area contributed by atoms with Crippen molar-refractivity contribution in [3.63, 3.8) is 0 Å². The Hall–Kier alpha value is 0.367. The summed E-state index contributed by atoms with van der Waals surface area (Å²) >= 11 is 5.12. The lowest BCUT2D eigenvalue weighted by molar-refractivity contribution is 0.596. The zero-order valence-corrected chi connectivity index (χ0v) is 6.51. The van der Waals surface area contributed by atoms with E-state index in [1.165, 1.54) is 6.92 Å². The molecule has 0 rings (SSSR count). The molecule has 0 unspecified atom stereocenters. The molecule has 0 atom stereocenters. The summed E-state index contributed by atoms with van der Waals surface area (Å²) in [6.45, 7) is 1.51. The maximum absolute atomic E-state index is 12.2. The predicted molar refractivity (Wildman–Crippen MR) is 34.0 cm³/mol. The standard InChI is InChI=1S/C4H9ClF2Si/c1-2-8(6,7)4-3-5/h2-4H2,1H3. The second kappa shape index (κ2) is 3.40. The normalized spacial score (nSPS) is 12.0. The monoisotopic (exact) mass is 158 g/mol. The molecule has 0 aliphatic heterocycles. The number of hydrogen-bond donors (Lipinski definition) is 0. The van der Waals surface area contributed by atoms with Gasteiger partial charge in [-0.05, 0) is 6.04 Å². The molecule has 0 amide bonds. The zero-order valence-electron chi connectivity index (χ0n) is 4.76. The van der Waals surface area contributed by atoms with Crippen LogP contribution in [0.15, 0.2) is 0 Å². The van der Waals surface area contributed by atoms with Crippen molar-refractivity contribution in [3.05, 3.63) is 0 Å². The van der Waals surface area contributed by atoms with Crippen molar-refractivity contribution in [1.29, 1.82) is 0 Å². The number of rotatable bonds is 3. The Morgan fingerprint density at radius 3 is 2.12 bits per heavy atom. The Bertz CT molecular complexity index is 67.1. The van der Waals surface area contributed by atoms with Crippen molar-refractivity contribution in [3.8, 4) is 0 Å². The van der Waals surface area contributed by atoms with E-state index in [0.29, 0.717) is 0 Å². The van der Waals surface area contributed by atoms with Gasteiger partial charge in [-0.2, -0.15) is 0 Å². The van der Waals surface area contributed by atoms with E-state index in [2.05, 4.69) is 0 Å². The Morgan fingerprint density at radius 1 is 1.50 bits per heavy atom. The first-order chi connectivity index (χ1) is 3.62. The van der Waals surface area contributed by atoms with E-state index in [9.17, 15) is 8.22 Å². The molecule has 0 radical (unpaired) electrons. The Balaban J connectivity index is 3.37. The van der Waals surface area contributed by atoms with Gasteiger partial charge >= 0.3 is 8.74 Å². The maximum atomic E-state index is 12.2. The lowest BCUT2D eigenvalue weighted by Gasteiger charge is -2.05. The minimum absolute atomic E-state index is 0.0275. The van der Waals surface area contributed by atoms with Crippen molar-refractivity contribution in [2.45, 2.75) is 19.0 Å². The lowest BCUT2D eigenvalue weighted by Crippen LogP contribution is -2.20. The third-order valence-corrected chi connectivity index (χ3v) is 3.50. The molecular formula is C4H9ClF2Si. The average molecular weight is 159 g/mol. The van der Waals surface area contributed by atoms with Gasteiger partial charge in [-0.15, -0.1) is 11.6 Å². The Morgan fingerprint density at radius 2 is 2.00 bits per heavy atom. The third-order valence-electron chi connectivity index (χ3n) is 0.978. The number of alkyl halides is 1. The highest BCUT2D eigenvalue weighted by atomic mass is 35.5. The van der Waals surface area contributed by atoms with Crippen molar-refractivity contribution in [2.75, 3.05) is 5.88 Å². The molecule has 0 saturated heterocycles. The lowest BCUT2D eigenvalue weighted by atomic mass is 10.9. The molecule has 0 N–H and O–H groups in total. The van der Waals surface area contributed by atoms with Crippen molar-refractivity contribution in [2.24, 2.45) is 0 Å². The van der Waals surface area contributed by atoms with Gasteiger partial charge in [-0.1, -0.05) is 6.92 Å². The van der Waals surface area contributed by atoms with Crippen LogP contribution in [0.1, 0.15) is 6.92 Å². The molecule has 0 nitrogen and oxygen atoms in total. The van der Waals surface area contributed by atoms with Gasteiger partial charge in [0.25, 0.3) is 0 Å². The van der Waals surface area contributed by atoms with Crippen molar-refractivity contribution < 1.29 is 8.22 Å². The van der Waals surface area contributed by atoms with E-state index in [1.807, 2.05) is 0 Å². The van der Waals surface area contributed by atoms with Gasteiger partial charge < -0.3 is 0 Å². The van der Waals surface area contributed by atoms with Crippen LogP contribution in [0.25, 0.3) is 0 Å². The molecule has 0 heterocycles. The largest absolute Gasteiger partial charge is 0.425 e. The smallest absolute Gasteiger partial charge is 0.270 e. The molecule has 8 heavy (non-hydrogen) atoms. The van der Waals surface area contributed by atoms with Gasteiger partial charge in [0.1, 0.15) is 0 Å². The minimum atomic E-state index is -3.81. The van der Waals surface area contributed by atoms with Crippen LogP contribution in [-0.2, 0) is 0 Å². The first kappa shape index (κ1) is 8.37. The molecule has 4 heteroatoms. The van der Waals surface area contributed by atoms with Crippen LogP contribution in [0.2, 0.25) is 12.1 Å². The predicted octanol–water partition coefficient (Wildman–Crippen LogP) is 2.63. The van der Waals surface area contributed by atoms with E-state index in [0.717, 1.165) is 0 Å². The summed E-state index contributed by atoms with van der Waals surface area (Å²) in [5.74, 6) is 0.104. The summed E-state index contributed by atoms with van der Waals surface area (Å²) in [6.07, 6.45) is 0. The maximum Gasteiger partial charge on any atom is 0.425 e. The number of halogens is 3. The SMILES string of the molecule is CC[Si](F)(F)CCCl. The van der Waals surface area contributed by atoms with Gasteiger partial charge in [-0.3, -0.25) is 8.22 Å². The van der Waals surface area contributed by atoms with Crippen LogP contribution in [0.3, 0.4) is 0 Å². The number of hydrogen-bond acceptors (Lipinski definition) is 0. The topological polar surface area (TPSA) is 0 Å². The Labute approximate surface area is 54.2 Å². The highest BCUT2D eigenvalue weighted by molar-refractivity contribution is 6.66. The van der Waals surface area contributed by atoms with E-state index >= 15 is 0 Å². The summed E-state index contributed by atoms with van der Waals surface area (Å²) in [5, 5.41) is 0. The molecule has 0 saturated carbocycles. The fourth-order valence-electron chi connectivity index (χ4n) is 0.315. The summed E-state index contributed by atoms with van der Waals surface area (Å²) in [6, 6.07) is -0.0369. The molecule has 50 valence electrons. The molecule has 0 spiro atoms. The third kappa shape index (κ3) is 3.38. The molecule has 0 aliphatic rings. The van der Waals surface area contributed by atoms with Crippen LogP contribution in [0.5, 0.6) is 0 Å². The van der Waals surface area contributed by atoms with Gasteiger partial charge in [0.05, 0.1) is 0 Å². The van der Waals surface area contributed by atoms with Crippen molar-refractivity contribution >= 4 is 20.3 Å². The van der Waals surface area contributed by atoms with Gasteiger partial charge in [0, 0.05) is 11.9 Å². The van der Waals surface area contributed by atoms with Crippen LogP contribution in [0.4, 0.5) is 8.22 Å². The molecule has 0 aromatic heterocycles. The van der Waals surface area contributed by atoms with Gasteiger partial charge in [-0.25, -0.2) is 0 Å². The fraction of sp³-hybridized carbons (Fsp3) is 1.00. The molecule has 0 bridgehead atoms. The second-order valence-corrected chi connectivity index (χ2v) is 4.95. The molecule has 0 aromatic carbocycles. The second-order valence-electron chi connectivity index (χ2n) is 1.65. The first-order valence-electron chi connectivity index (χ1n) is 2.56. The average Bonchev–Trinajstić information content (AvgIpc) is 1.67. The molecule has 0 aliphatic carbocycles. The molecule has 0 aromatic rings. The molecular weight excluding hydrogens is 150 g/mol. The first-order valence-corrected chi connectivity index (χ1v) is 5.26. The summed E-state index contributed by atoms with van der Waals surface area (Å²) < 4.78 is 24.4. The highest BCUT2D eigenvalue weighted by Gasteiger charge is 2.31. The quantitative estimate of drug-likeness (QED) is 0.337. The van der Waals surface area contributed by atoms with Crippen LogP contribution < -0.4 is 0 Å². The van der Waals surface area contributed by atoms with E-state index in [4.69, 9.17) is 11.6 Å². The van der Waals surface area contributed by atoms with E-state index in [1.54, 1.807) is 0 Å². The summed E-state index contributed by atoms with van der Waals surface area (Å²) in [4.78, 5) is 0. The highest BCUT2D eigenvalue weighted by Crippen LogP contribution is 2.18. The van der Waals surface area contributed by atoms with Crippen LogP contribution >= 0.6 is 11.6 Å². The van der Waals surface area contributed by atoms with Gasteiger partial charge in [0.15, 0.2) is 0 Å². The minimum Gasteiger partial charge on any atom is -0.270 e. The van der Waals surface area contributed by atoms with E-state index in [-0.39, 0.29) is 18.0 Å². The van der Waals surface area contributed by atoms with Gasteiger partial charge in [0.2, 0.25) is 0 Å². The van der Waals surface area contributed by atoms with Crippen LogP contribution in [0, 0.1) is 0 Å². The van der Waals surface area contributed by atoms with Crippen molar-refractivity contribution in [1.82, 2.24) is 0 Å². The van der Waals surface area contributed by atoms with E-state index < -0.39 is 8.74 Å². The molecule has 0 fully saturated rings. The summed E-state index contributed by atoms with van der Waals surface area (Å²) in [5.41, 5.74) is 0.